The maximum absolute atomic E-state index is 11.9. The predicted octanol–water partition coefficient (Wildman–Crippen LogP) is 2.52. The molecule has 102 valence electrons. The average molecular weight is 260 g/mol. The van der Waals surface area contributed by atoms with Crippen molar-refractivity contribution >= 4 is 11.9 Å². The Morgan fingerprint density at radius 3 is 2.26 bits per heavy atom. The second-order valence-corrected chi connectivity index (χ2v) is 5.47. The van der Waals surface area contributed by atoms with Crippen LogP contribution in [0.2, 0.25) is 0 Å². The highest BCUT2D eigenvalue weighted by Crippen LogP contribution is 2.27. The van der Waals surface area contributed by atoms with Crippen molar-refractivity contribution in [1.82, 2.24) is 10.2 Å². The topological polar surface area (TPSA) is 49.4 Å². The minimum Gasteiger partial charge on any atom is -0.306 e. The third kappa shape index (κ3) is 2.35. The van der Waals surface area contributed by atoms with Gasteiger partial charge in [0.2, 0.25) is 0 Å². The van der Waals surface area contributed by atoms with E-state index in [1.807, 2.05) is 27.7 Å². The molecule has 0 aliphatic carbocycles. The molecular formula is C15H20N2O2. The highest BCUT2D eigenvalue weighted by atomic mass is 16.2. The van der Waals surface area contributed by atoms with E-state index in [0.717, 1.165) is 5.56 Å². The Balaban J connectivity index is 2.31. The molecule has 1 saturated heterocycles. The monoisotopic (exact) mass is 260 g/mol. The van der Waals surface area contributed by atoms with Gasteiger partial charge in [0, 0.05) is 6.54 Å². The molecule has 0 aromatic heterocycles. The first-order valence-electron chi connectivity index (χ1n) is 6.57. The number of carbonyl (C=O) groups is 2. The van der Waals surface area contributed by atoms with Gasteiger partial charge in [-0.05, 0) is 32.8 Å². The van der Waals surface area contributed by atoms with Crippen molar-refractivity contribution in [2.45, 2.75) is 46.2 Å². The lowest BCUT2D eigenvalue weighted by Gasteiger charge is -2.31. The van der Waals surface area contributed by atoms with Crippen LogP contribution in [0.1, 0.15) is 37.0 Å². The summed E-state index contributed by atoms with van der Waals surface area (Å²) in [7, 11) is 0. The van der Waals surface area contributed by atoms with E-state index in [9.17, 15) is 9.59 Å². The number of rotatable bonds is 3. The van der Waals surface area contributed by atoms with Crippen molar-refractivity contribution in [3.8, 4) is 0 Å². The highest BCUT2D eigenvalue weighted by molar-refractivity contribution is 6.06. The average Bonchev–Trinajstić information content (AvgIpc) is 2.52. The Hall–Kier alpha value is -1.84. The number of hydrogen-bond donors (Lipinski definition) is 1. The molecule has 1 N–H and O–H groups in total. The number of carbonyl (C=O) groups excluding carboxylic acids is 2. The summed E-state index contributed by atoms with van der Waals surface area (Å²) in [4.78, 5) is 25.5. The summed E-state index contributed by atoms with van der Waals surface area (Å²) in [5.74, 6) is -0.204. The minimum atomic E-state index is -0.741. The molecule has 1 aliphatic heterocycles. The Bertz CT molecular complexity index is 519. The fraction of sp³-hybridized carbons (Fsp3) is 0.467. The maximum atomic E-state index is 11.9. The second-order valence-electron chi connectivity index (χ2n) is 5.47. The molecule has 1 heterocycles. The zero-order chi connectivity index (χ0) is 14.2. The van der Waals surface area contributed by atoms with E-state index in [2.05, 4.69) is 23.5 Å². The van der Waals surface area contributed by atoms with Crippen LogP contribution in [0, 0.1) is 13.8 Å². The number of nitrogens with one attached hydrogen (secondary N) is 1. The van der Waals surface area contributed by atoms with Gasteiger partial charge in [0.25, 0.3) is 5.91 Å². The van der Waals surface area contributed by atoms with Crippen LogP contribution in [0.5, 0.6) is 0 Å². The molecule has 1 aromatic carbocycles. The second kappa shape index (κ2) is 4.68. The molecule has 3 amide bonds. The first kappa shape index (κ1) is 13.6. The zero-order valence-electron chi connectivity index (χ0n) is 11.9. The SMILES string of the molecule is CCC1(C)C(=O)NC(=O)N1Cc1cc(C)cc(C)c1. The van der Waals surface area contributed by atoms with Crippen molar-refractivity contribution in [2.24, 2.45) is 0 Å². The molecule has 1 unspecified atom stereocenters. The first-order chi connectivity index (χ1) is 8.86. The molecular weight excluding hydrogens is 240 g/mol. The lowest BCUT2D eigenvalue weighted by atomic mass is 9.96. The first-order valence-corrected chi connectivity index (χ1v) is 6.57. The maximum Gasteiger partial charge on any atom is 0.325 e. The third-order valence-electron chi connectivity index (χ3n) is 3.86. The van der Waals surface area contributed by atoms with E-state index in [1.54, 1.807) is 4.90 Å². The fourth-order valence-corrected chi connectivity index (χ4v) is 2.59. The van der Waals surface area contributed by atoms with Crippen LogP contribution in [0.4, 0.5) is 4.79 Å². The van der Waals surface area contributed by atoms with Gasteiger partial charge in [0.05, 0.1) is 0 Å². The van der Waals surface area contributed by atoms with Crippen molar-refractivity contribution in [3.63, 3.8) is 0 Å². The molecule has 0 bridgehead atoms. The number of aryl methyl sites for hydroxylation is 2. The zero-order valence-corrected chi connectivity index (χ0v) is 11.9. The summed E-state index contributed by atoms with van der Waals surface area (Å²) in [6.45, 7) is 8.27. The van der Waals surface area contributed by atoms with E-state index in [0.29, 0.717) is 13.0 Å². The van der Waals surface area contributed by atoms with Crippen LogP contribution in [0.3, 0.4) is 0 Å². The van der Waals surface area contributed by atoms with Gasteiger partial charge in [-0.25, -0.2) is 4.79 Å². The van der Waals surface area contributed by atoms with Gasteiger partial charge >= 0.3 is 6.03 Å². The van der Waals surface area contributed by atoms with Crippen molar-refractivity contribution in [3.05, 3.63) is 34.9 Å². The third-order valence-corrected chi connectivity index (χ3v) is 3.86. The van der Waals surface area contributed by atoms with E-state index >= 15 is 0 Å². The Kier molecular flexibility index (Phi) is 3.35. The van der Waals surface area contributed by atoms with Crippen LogP contribution < -0.4 is 5.32 Å². The molecule has 4 nitrogen and oxygen atoms in total. The van der Waals surface area contributed by atoms with Gasteiger partial charge in [-0.1, -0.05) is 36.2 Å². The van der Waals surface area contributed by atoms with Crippen LogP contribution in [-0.4, -0.2) is 22.4 Å². The Labute approximate surface area is 113 Å². The van der Waals surface area contributed by atoms with Crippen molar-refractivity contribution in [2.75, 3.05) is 0 Å². The van der Waals surface area contributed by atoms with Crippen molar-refractivity contribution < 1.29 is 9.59 Å². The number of imide groups is 1. The van der Waals surface area contributed by atoms with Gasteiger partial charge < -0.3 is 4.90 Å². The highest BCUT2D eigenvalue weighted by Gasteiger charge is 2.47. The van der Waals surface area contributed by atoms with E-state index in [1.165, 1.54) is 11.1 Å². The number of nitrogens with zero attached hydrogens (tertiary/aromatic N) is 1. The molecule has 1 atom stereocenters. The van der Waals surface area contributed by atoms with Gasteiger partial charge in [0.1, 0.15) is 5.54 Å². The number of urea groups is 1. The van der Waals surface area contributed by atoms with Gasteiger partial charge in [-0.3, -0.25) is 10.1 Å². The number of hydrogen-bond acceptors (Lipinski definition) is 2. The molecule has 2 rings (SSSR count). The summed E-state index contributed by atoms with van der Waals surface area (Å²) in [5.41, 5.74) is 2.65. The van der Waals surface area contributed by atoms with Crippen LogP contribution in [0.25, 0.3) is 0 Å². The summed E-state index contributed by atoms with van der Waals surface area (Å²) in [6, 6.07) is 5.91. The van der Waals surface area contributed by atoms with Crippen molar-refractivity contribution in [1.29, 1.82) is 0 Å². The predicted molar refractivity (Wildman–Crippen MR) is 73.7 cm³/mol. The molecule has 0 radical (unpaired) electrons. The molecule has 1 aromatic rings. The van der Waals surface area contributed by atoms with Crippen LogP contribution in [0.15, 0.2) is 18.2 Å². The smallest absolute Gasteiger partial charge is 0.306 e. The molecule has 1 aliphatic rings. The van der Waals surface area contributed by atoms with Gasteiger partial charge in [-0.15, -0.1) is 0 Å². The van der Waals surface area contributed by atoms with Gasteiger partial charge in [-0.2, -0.15) is 0 Å². The summed E-state index contributed by atoms with van der Waals surface area (Å²) < 4.78 is 0. The summed E-state index contributed by atoms with van der Waals surface area (Å²) in [5, 5.41) is 2.41. The Morgan fingerprint density at radius 1 is 1.16 bits per heavy atom. The molecule has 0 spiro atoms. The quantitative estimate of drug-likeness (QED) is 0.849. The normalized spacial score (nSPS) is 22.8. The summed E-state index contributed by atoms with van der Waals surface area (Å²) >= 11 is 0. The molecule has 0 saturated carbocycles. The molecule has 19 heavy (non-hydrogen) atoms. The Morgan fingerprint density at radius 2 is 1.74 bits per heavy atom. The molecule has 4 heteroatoms. The van der Waals surface area contributed by atoms with Crippen LogP contribution in [-0.2, 0) is 11.3 Å². The molecule has 1 fully saturated rings. The van der Waals surface area contributed by atoms with E-state index < -0.39 is 5.54 Å². The van der Waals surface area contributed by atoms with E-state index in [4.69, 9.17) is 0 Å². The number of benzene rings is 1. The van der Waals surface area contributed by atoms with E-state index in [-0.39, 0.29) is 11.9 Å². The number of amides is 3. The lowest BCUT2D eigenvalue weighted by molar-refractivity contribution is -0.126. The van der Waals surface area contributed by atoms with Gasteiger partial charge in [0.15, 0.2) is 0 Å². The lowest BCUT2D eigenvalue weighted by Crippen LogP contribution is -2.45. The summed E-state index contributed by atoms with van der Waals surface area (Å²) in [6.07, 6.45) is 0.607. The van der Waals surface area contributed by atoms with Crippen LogP contribution >= 0.6 is 0 Å². The fourth-order valence-electron chi connectivity index (χ4n) is 2.59. The minimum absolute atomic E-state index is 0.204. The standard InChI is InChI=1S/C15H20N2O2/c1-5-15(4)13(18)16-14(19)17(15)9-12-7-10(2)6-11(3)8-12/h6-8H,5,9H2,1-4H3,(H,16,18,19). The largest absolute Gasteiger partial charge is 0.325 e.